The van der Waals surface area contributed by atoms with Crippen LogP contribution in [0.5, 0.6) is 23.0 Å². The summed E-state index contributed by atoms with van der Waals surface area (Å²) in [5.41, 5.74) is 3.98. The smallest absolute Gasteiger partial charge is 0.273 e. The van der Waals surface area contributed by atoms with E-state index in [2.05, 4.69) is 35.8 Å². The molecule has 0 amide bonds. The summed E-state index contributed by atoms with van der Waals surface area (Å²) in [6.45, 7) is 4.28. The number of rotatable bonds is 13. The van der Waals surface area contributed by atoms with Crippen LogP contribution in [0.15, 0.2) is 134 Å². The molecule has 0 radical (unpaired) electrons. The highest BCUT2D eigenvalue weighted by Gasteiger charge is 2.55. The van der Waals surface area contributed by atoms with Crippen molar-refractivity contribution >= 4 is 32.9 Å². The molecule has 55 heavy (non-hydrogen) atoms. The van der Waals surface area contributed by atoms with Crippen molar-refractivity contribution in [2.45, 2.75) is 69.7 Å². The van der Waals surface area contributed by atoms with Gasteiger partial charge in [-0.25, -0.2) is 0 Å². The number of pyridine rings is 2. The largest absolute Gasteiger partial charge is 0.453 e. The molecule has 0 saturated heterocycles. The summed E-state index contributed by atoms with van der Waals surface area (Å²) >= 11 is 0. The number of benzene rings is 4. The van der Waals surface area contributed by atoms with Crippen LogP contribution in [0.1, 0.15) is 73.8 Å². The van der Waals surface area contributed by atoms with Gasteiger partial charge in [0.2, 0.25) is 0 Å². The van der Waals surface area contributed by atoms with E-state index in [1.807, 2.05) is 109 Å². The van der Waals surface area contributed by atoms with Gasteiger partial charge in [-0.1, -0.05) is 81.3 Å². The first kappa shape index (κ1) is 36.3. The first-order valence-corrected chi connectivity index (χ1v) is 20.5. The zero-order valence-corrected chi connectivity index (χ0v) is 31.8. The van der Waals surface area contributed by atoms with Gasteiger partial charge >= 0.3 is 0 Å². The number of anilines is 4. The summed E-state index contributed by atoms with van der Waals surface area (Å²) in [7, 11) is -4.81. The first-order valence-electron chi connectivity index (χ1n) is 19.0. The Labute approximate surface area is 323 Å². The fourth-order valence-electron chi connectivity index (χ4n) is 7.85. The van der Waals surface area contributed by atoms with Gasteiger partial charge in [0.05, 0.1) is 34.1 Å². The highest BCUT2D eigenvalue weighted by atomic mass is 32.2. The maximum Gasteiger partial charge on any atom is 0.273 e. The number of nitrogens with zero attached hydrogens (tertiary/aromatic N) is 4. The Hall–Kier alpha value is -5.71. The fourth-order valence-corrected chi connectivity index (χ4v) is 8.73. The van der Waals surface area contributed by atoms with Gasteiger partial charge in [-0.3, -0.25) is 14.5 Å². The number of unbranched alkanes of at least 4 members (excludes halogenated alkanes) is 2. The van der Waals surface area contributed by atoms with E-state index in [4.69, 9.17) is 19.4 Å². The van der Waals surface area contributed by atoms with Gasteiger partial charge in [0.1, 0.15) is 5.25 Å². The highest BCUT2D eigenvalue weighted by molar-refractivity contribution is 7.86. The predicted molar refractivity (Wildman–Crippen MR) is 216 cm³/mol. The molecule has 2 atom stereocenters. The Morgan fingerprint density at radius 1 is 0.655 bits per heavy atom. The summed E-state index contributed by atoms with van der Waals surface area (Å²) in [5, 5.41) is -1.49. The van der Waals surface area contributed by atoms with Gasteiger partial charge in [-0.2, -0.15) is 8.42 Å². The van der Waals surface area contributed by atoms with Crippen LogP contribution in [0.25, 0.3) is 0 Å². The summed E-state index contributed by atoms with van der Waals surface area (Å²) in [5.74, 6) is 2.37. The molecule has 0 fully saturated rings. The van der Waals surface area contributed by atoms with Crippen molar-refractivity contribution in [2.75, 3.05) is 9.80 Å². The van der Waals surface area contributed by atoms with Crippen molar-refractivity contribution in [3.63, 3.8) is 0 Å². The van der Waals surface area contributed by atoms with E-state index in [1.165, 1.54) is 0 Å². The molecule has 9 nitrogen and oxygen atoms in total. The third-order valence-corrected chi connectivity index (χ3v) is 11.6. The Kier molecular flexibility index (Phi) is 10.0. The molecule has 4 heterocycles. The molecule has 0 spiro atoms. The van der Waals surface area contributed by atoms with Crippen molar-refractivity contribution < 1.29 is 22.4 Å². The van der Waals surface area contributed by atoms with Crippen LogP contribution in [0.4, 0.5) is 22.7 Å². The molecule has 2 aliphatic heterocycles. The number of hydrogen-bond acceptors (Lipinski definition) is 8. The number of aromatic nitrogens is 2. The van der Waals surface area contributed by atoms with Crippen molar-refractivity contribution in [3.05, 3.63) is 156 Å². The van der Waals surface area contributed by atoms with E-state index in [9.17, 15) is 13.0 Å². The van der Waals surface area contributed by atoms with Crippen molar-refractivity contribution in [3.8, 4) is 23.0 Å². The molecule has 2 aromatic heterocycles. The summed E-state index contributed by atoms with van der Waals surface area (Å²) in [6, 6.07) is 40.6. The molecule has 6 aromatic rings. The van der Waals surface area contributed by atoms with Gasteiger partial charge < -0.3 is 19.3 Å². The lowest BCUT2D eigenvalue weighted by Gasteiger charge is -2.55. The number of aryl methyl sites for hydroxylation is 2. The van der Waals surface area contributed by atoms with Crippen molar-refractivity contribution in [1.82, 2.24) is 9.97 Å². The van der Waals surface area contributed by atoms with Crippen LogP contribution < -0.4 is 19.3 Å². The molecule has 2 unspecified atom stereocenters. The van der Waals surface area contributed by atoms with Crippen molar-refractivity contribution in [1.29, 1.82) is 0 Å². The lowest BCUT2D eigenvalue weighted by molar-refractivity contribution is 0.346. The third kappa shape index (κ3) is 6.81. The van der Waals surface area contributed by atoms with Gasteiger partial charge in [-0.15, -0.1) is 0 Å². The van der Waals surface area contributed by atoms with E-state index in [0.717, 1.165) is 49.0 Å². The number of fused-ring (bicyclic) bond motifs is 4. The second-order valence-corrected chi connectivity index (χ2v) is 15.7. The van der Waals surface area contributed by atoms with Crippen LogP contribution in [-0.2, 0) is 28.6 Å². The predicted octanol–water partition coefficient (Wildman–Crippen LogP) is 11.2. The molecule has 0 aliphatic carbocycles. The minimum Gasteiger partial charge on any atom is -0.453 e. The van der Waals surface area contributed by atoms with Gasteiger partial charge in [0.15, 0.2) is 28.7 Å². The van der Waals surface area contributed by atoms with Gasteiger partial charge in [-0.05, 0) is 104 Å². The molecule has 4 aromatic carbocycles. The number of para-hydroxylation sites is 6. The van der Waals surface area contributed by atoms with Crippen LogP contribution in [0.3, 0.4) is 0 Å². The average Bonchev–Trinajstić information content (AvgIpc) is 3.21. The van der Waals surface area contributed by atoms with E-state index in [1.54, 1.807) is 12.3 Å². The van der Waals surface area contributed by atoms with E-state index in [0.29, 0.717) is 52.2 Å². The topological polar surface area (TPSA) is 105 Å². The molecule has 10 heteroatoms. The molecule has 0 saturated carbocycles. The quantitative estimate of drug-likeness (QED) is 0.115. The Balaban J connectivity index is 1.51. The molecule has 0 bridgehead atoms. The molecule has 8 rings (SSSR count). The van der Waals surface area contributed by atoms with Crippen LogP contribution in [0.2, 0.25) is 0 Å². The van der Waals surface area contributed by atoms with Crippen LogP contribution >= 0.6 is 0 Å². The van der Waals surface area contributed by atoms with Gasteiger partial charge in [0, 0.05) is 18.3 Å². The lowest BCUT2D eigenvalue weighted by atomic mass is 9.88. The molecule has 2 aliphatic rings. The summed E-state index contributed by atoms with van der Waals surface area (Å²) in [4.78, 5) is 14.3. The van der Waals surface area contributed by atoms with E-state index >= 15 is 0 Å². The highest BCUT2D eigenvalue weighted by Crippen LogP contribution is 2.61. The summed E-state index contributed by atoms with van der Waals surface area (Å²) < 4.78 is 52.8. The minimum absolute atomic E-state index is 0.206. The van der Waals surface area contributed by atoms with Crippen molar-refractivity contribution in [2.24, 2.45) is 0 Å². The maximum atomic E-state index is 14.1. The lowest BCUT2D eigenvalue weighted by Crippen LogP contribution is -2.58. The normalized spacial score (nSPS) is 14.7. The second-order valence-electron chi connectivity index (χ2n) is 14.1. The summed E-state index contributed by atoms with van der Waals surface area (Å²) in [6.07, 6.45) is 6.93. The second kappa shape index (κ2) is 15.2. The number of hydrogen-bond donors (Lipinski definition) is 1. The monoisotopic (exact) mass is 752 g/mol. The Bertz CT molecular complexity index is 2380. The minimum atomic E-state index is -4.81. The van der Waals surface area contributed by atoms with Crippen LogP contribution in [-0.4, -0.2) is 22.9 Å². The first-order chi connectivity index (χ1) is 26.8. The van der Waals surface area contributed by atoms with Crippen LogP contribution in [0, 0.1) is 0 Å². The maximum absolute atomic E-state index is 14.1. The molecule has 280 valence electrons. The zero-order valence-electron chi connectivity index (χ0n) is 31.0. The molecule has 1 N–H and O–H groups in total. The third-order valence-electron chi connectivity index (χ3n) is 10.4. The standard InChI is InChI=1S/C45H44N4O5S/c1-3-5-16-32-27-28-42-38(30-32)49(37-22-9-12-25-41(37)54-42)45(44-26-13-14-29-46-44,31-43(55(50,51)52)34-19-15-18-33(47-34)17-6-4-2)48-35-20-7-10-23-39(35)53-40-24-11-8-21-36(40)48/h7-15,18-30,43H,3-6,16-17,31H2,1-2H3,(H,50,51,52). The van der Waals surface area contributed by atoms with E-state index < -0.39 is 21.0 Å². The SMILES string of the molecule is CCCCc1ccc2c(c1)N(C(CC(c1cccc(CCCC)n1)S(=O)(=O)O)(c1ccccn1)N1c3ccccc3Oc3ccccc31)c1ccccc1O2. The van der Waals surface area contributed by atoms with Gasteiger partial charge in [0.25, 0.3) is 10.1 Å². The van der Waals surface area contributed by atoms with E-state index in [-0.39, 0.29) is 12.1 Å². The zero-order chi connectivity index (χ0) is 38.0. The number of ether oxygens (including phenoxy) is 2. The Morgan fingerprint density at radius 2 is 1.22 bits per heavy atom. The molecular formula is C45H44N4O5S. The fraction of sp³-hybridized carbons (Fsp3) is 0.244. The molecular weight excluding hydrogens is 709 g/mol. The average molecular weight is 753 g/mol. The Morgan fingerprint density at radius 3 is 1.80 bits per heavy atom.